The molecule has 1 aliphatic carbocycles. The van der Waals surface area contributed by atoms with Crippen LogP contribution in [0.4, 0.5) is 0 Å². The van der Waals surface area contributed by atoms with E-state index in [4.69, 9.17) is 0 Å². The molecule has 1 saturated carbocycles. The van der Waals surface area contributed by atoms with Crippen molar-refractivity contribution in [3.8, 4) is 0 Å². The van der Waals surface area contributed by atoms with Crippen LogP contribution in [0.25, 0.3) is 0 Å². The fourth-order valence-electron chi connectivity index (χ4n) is 0.400. The average molecular weight is 104 g/mol. The van der Waals surface area contributed by atoms with Crippen molar-refractivity contribution in [2.45, 2.75) is 18.1 Å². The molecule has 36 valence electrons. The standard InChI is InChI=1S/C4H8OS/c1-6(5)4-2-3-4/h4H,2-3H2,1H3. The van der Waals surface area contributed by atoms with Crippen LogP contribution in [0.2, 0.25) is 0 Å². The Morgan fingerprint density at radius 1 is 1.67 bits per heavy atom. The van der Waals surface area contributed by atoms with E-state index in [-0.39, 0.29) is 0 Å². The molecular weight excluding hydrogens is 96.1 g/mol. The Balaban J connectivity index is 2.31. The molecule has 0 aromatic heterocycles. The molecule has 1 rings (SSSR count). The van der Waals surface area contributed by atoms with Gasteiger partial charge in [-0.2, -0.15) is 0 Å². The number of rotatable bonds is 1. The highest BCUT2D eigenvalue weighted by Crippen LogP contribution is 2.24. The highest BCUT2D eigenvalue weighted by Gasteiger charge is 2.24. The van der Waals surface area contributed by atoms with Gasteiger partial charge in [0.15, 0.2) is 0 Å². The molecule has 0 aromatic carbocycles. The van der Waals surface area contributed by atoms with Crippen LogP contribution >= 0.6 is 0 Å². The lowest BCUT2D eigenvalue weighted by molar-refractivity contribution is 0.686. The largest absolute Gasteiger partial charge is 0.260 e. The van der Waals surface area contributed by atoms with Gasteiger partial charge in [-0.1, -0.05) is 0 Å². The second-order valence-electron chi connectivity index (χ2n) is 1.70. The van der Waals surface area contributed by atoms with Gasteiger partial charge in [-0.25, -0.2) is 0 Å². The van der Waals surface area contributed by atoms with Crippen molar-refractivity contribution in [3.63, 3.8) is 0 Å². The van der Waals surface area contributed by atoms with Gasteiger partial charge in [0.25, 0.3) is 0 Å². The van der Waals surface area contributed by atoms with Gasteiger partial charge in [0.05, 0.1) is 0 Å². The van der Waals surface area contributed by atoms with Crippen molar-refractivity contribution in [2.24, 2.45) is 0 Å². The van der Waals surface area contributed by atoms with E-state index in [1.165, 1.54) is 12.8 Å². The van der Waals surface area contributed by atoms with Gasteiger partial charge in [-0.05, 0) is 12.8 Å². The zero-order valence-corrected chi connectivity index (χ0v) is 4.62. The zero-order valence-electron chi connectivity index (χ0n) is 3.81. The summed E-state index contributed by atoms with van der Waals surface area (Å²) in [6.07, 6.45) is 4.17. The van der Waals surface area contributed by atoms with E-state index in [0.717, 1.165) is 0 Å². The fourth-order valence-corrected chi connectivity index (χ4v) is 1.20. The lowest BCUT2D eigenvalue weighted by Crippen LogP contribution is -1.89. The Kier molecular flexibility index (Phi) is 0.960. The van der Waals surface area contributed by atoms with Crippen LogP contribution in [-0.2, 0) is 10.8 Å². The summed E-state index contributed by atoms with van der Waals surface area (Å²) in [5.74, 6) is 0. The molecule has 1 aliphatic rings. The maximum atomic E-state index is 10.3. The monoisotopic (exact) mass is 104 g/mol. The maximum Gasteiger partial charge on any atom is 0.0346 e. The summed E-state index contributed by atoms with van der Waals surface area (Å²) >= 11 is 0. The smallest absolute Gasteiger partial charge is 0.0346 e. The van der Waals surface area contributed by atoms with E-state index in [1.807, 2.05) is 0 Å². The first-order valence-electron chi connectivity index (χ1n) is 2.13. The Morgan fingerprint density at radius 3 is 2.17 bits per heavy atom. The molecule has 0 bridgehead atoms. The first-order chi connectivity index (χ1) is 2.80. The summed E-state index contributed by atoms with van der Waals surface area (Å²) in [6, 6.07) is 0. The minimum atomic E-state index is -0.506. The summed E-state index contributed by atoms with van der Waals surface area (Å²) in [6.45, 7) is 0. The minimum absolute atomic E-state index is 0.506. The van der Waals surface area contributed by atoms with Crippen LogP contribution in [0.3, 0.4) is 0 Å². The Hall–Kier alpha value is 0.150. The summed E-state index contributed by atoms with van der Waals surface area (Å²) in [4.78, 5) is 0. The number of hydrogen-bond acceptors (Lipinski definition) is 1. The Morgan fingerprint density at radius 2 is 2.17 bits per heavy atom. The van der Waals surface area contributed by atoms with E-state index >= 15 is 0 Å². The molecule has 0 aromatic rings. The van der Waals surface area contributed by atoms with Crippen molar-refractivity contribution in [1.29, 1.82) is 0 Å². The molecule has 1 unspecified atom stereocenters. The van der Waals surface area contributed by atoms with Gasteiger partial charge >= 0.3 is 0 Å². The van der Waals surface area contributed by atoms with Crippen molar-refractivity contribution in [2.75, 3.05) is 6.26 Å². The lowest BCUT2D eigenvalue weighted by atomic mass is 11.0. The third-order valence-electron chi connectivity index (χ3n) is 0.994. The van der Waals surface area contributed by atoms with Gasteiger partial charge < -0.3 is 0 Å². The van der Waals surface area contributed by atoms with Crippen molar-refractivity contribution >= 4 is 10.8 Å². The number of hydrogen-bond donors (Lipinski definition) is 0. The van der Waals surface area contributed by atoms with E-state index in [9.17, 15) is 4.21 Å². The first kappa shape index (κ1) is 4.31. The highest BCUT2D eigenvalue weighted by molar-refractivity contribution is 7.85. The minimum Gasteiger partial charge on any atom is -0.260 e. The molecule has 6 heavy (non-hydrogen) atoms. The normalized spacial score (nSPS) is 26.8. The van der Waals surface area contributed by atoms with Gasteiger partial charge in [-0.3, -0.25) is 4.21 Å². The van der Waals surface area contributed by atoms with Crippen LogP contribution < -0.4 is 0 Å². The molecule has 2 heteroatoms. The van der Waals surface area contributed by atoms with Crippen LogP contribution in [-0.4, -0.2) is 15.7 Å². The fraction of sp³-hybridized carbons (Fsp3) is 1.00. The average Bonchev–Trinajstić information content (AvgIpc) is 2.06. The third kappa shape index (κ3) is 0.805. The van der Waals surface area contributed by atoms with E-state index in [0.29, 0.717) is 5.25 Å². The van der Waals surface area contributed by atoms with E-state index in [2.05, 4.69) is 0 Å². The van der Waals surface area contributed by atoms with Gasteiger partial charge in [-0.15, -0.1) is 0 Å². The lowest BCUT2D eigenvalue weighted by Gasteiger charge is -1.78. The molecule has 0 saturated heterocycles. The zero-order chi connectivity index (χ0) is 4.57. The van der Waals surface area contributed by atoms with Gasteiger partial charge in [0, 0.05) is 22.3 Å². The maximum absolute atomic E-state index is 10.3. The second-order valence-corrected chi connectivity index (χ2v) is 3.36. The molecular formula is C4H8OS. The molecule has 0 N–H and O–H groups in total. The third-order valence-corrected chi connectivity index (χ3v) is 2.40. The molecule has 0 radical (unpaired) electrons. The molecule has 0 aliphatic heterocycles. The summed E-state index contributed by atoms with van der Waals surface area (Å²) in [5.41, 5.74) is 0. The molecule has 0 spiro atoms. The van der Waals surface area contributed by atoms with Crippen LogP contribution in [0.1, 0.15) is 12.8 Å². The summed E-state index contributed by atoms with van der Waals surface area (Å²) < 4.78 is 10.3. The quantitative estimate of drug-likeness (QED) is 0.474. The molecule has 0 heterocycles. The van der Waals surface area contributed by atoms with Crippen molar-refractivity contribution in [3.05, 3.63) is 0 Å². The van der Waals surface area contributed by atoms with Crippen LogP contribution in [0.15, 0.2) is 0 Å². The topological polar surface area (TPSA) is 17.1 Å². The summed E-state index contributed by atoms with van der Waals surface area (Å²) in [7, 11) is -0.506. The molecule has 1 fully saturated rings. The highest BCUT2D eigenvalue weighted by atomic mass is 32.2. The second kappa shape index (κ2) is 1.34. The summed E-state index contributed by atoms with van der Waals surface area (Å²) in [5, 5.41) is 0.574. The Labute approximate surface area is 40.2 Å². The predicted molar refractivity (Wildman–Crippen MR) is 27.1 cm³/mol. The predicted octanol–water partition coefficient (Wildman–Crippen LogP) is 0.527. The first-order valence-corrected chi connectivity index (χ1v) is 3.75. The van der Waals surface area contributed by atoms with Gasteiger partial charge in [0.1, 0.15) is 0 Å². The van der Waals surface area contributed by atoms with Crippen molar-refractivity contribution < 1.29 is 4.21 Å². The van der Waals surface area contributed by atoms with E-state index < -0.39 is 10.8 Å². The molecule has 1 nitrogen and oxygen atoms in total. The van der Waals surface area contributed by atoms with Crippen LogP contribution in [0.5, 0.6) is 0 Å². The van der Waals surface area contributed by atoms with Gasteiger partial charge in [0.2, 0.25) is 0 Å². The SMILES string of the molecule is CS(=O)C1CC1. The van der Waals surface area contributed by atoms with Crippen molar-refractivity contribution in [1.82, 2.24) is 0 Å². The van der Waals surface area contributed by atoms with Crippen LogP contribution in [0, 0.1) is 0 Å². The van der Waals surface area contributed by atoms with E-state index in [1.54, 1.807) is 6.26 Å². The molecule has 1 atom stereocenters. The Bertz CT molecular complexity index is 75.6. The molecule has 0 amide bonds.